The third-order valence-corrected chi connectivity index (χ3v) is 7.40. The van der Waals surface area contributed by atoms with E-state index in [2.05, 4.69) is 14.9 Å². The first kappa shape index (κ1) is 28.7. The maximum absolute atomic E-state index is 14.1. The minimum atomic E-state index is -2.70. The molecule has 3 heterocycles. The Morgan fingerprint density at radius 2 is 1.90 bits per heavy atom. The minimum absolute atomic E-state index is 0.0211. The number of pyridine rings is 1. The molecule has 0 saturated carbocycles. The van der Waals surface area contributed by atoms with Crippen molar-refractivity contribution in [1.29, 1.82) is 0 Å². The minimum Gasteiger partial charge on any atom is -0.485 e. The molecule has 12 heteroatoms. The number of aromatic nitrogens is 3. The summed E-state index contributed by atoms with van der Waals surface area (Å²) in [7, 11) is 1.77. The average molecular weight is 589 g/mol. The van der Waals surface area contributed by atoms with Crippen LogP contribution in [0, 0.1) is 5.82 Å². The number of likely N-dealkylation sites (tertiary alicyclic amines) is 1. The van der Waals surface area contributed by atoms with Crippen molar-refractivity contribution in [3.8, 4) is 11.6 Å². The van der Waals surface area contributed by atoms with E-state index in [-0.39, 0.29) is 23.8 Å². The second-order valence-corrected chi connectivity index (χ2v) is 10.3. The summed E-state index contributed by atoms with van der Waals surface area (Å²) >= 11 is 5.82. The highest BCUT2D eigenvalue weighted by molar-refractivity contribution is 6.30. The number of aromatic carboxylic acids is 1. The Labute approximate surface area is 239 Å². The predicted octanol–water partition coefficient (Wildman–Crippen LogP) is 6.06. The Kier molecular flexibility index (Phi) is 8.65. The highest BCUT2D eigenvalue weighted by Gasteiger charge is 2.24. The number of hydrogen-bond donors (Lipinski definition) is 1. The van der Waals surface area contributed by atoms with Crippen molar-refractivity contribution in [2.75, 3.05) is 19.7 Å². The summed E-state index contributed by atoms with van der Waals surface area (Å²) in [6.07, 6.45) is -1.01. The molecule has 0 atom stereocenters. The van der Waals surface area contributed by atoms with Crippen LogP contribution in [0.15, 0.2) is 48.5 Å². The second-order valence-electron chi connectivity index (χ2n) is 9.91. The molecule has 0 unspecified atom stereocenters. The fraction of sp³-hybridized carbons (Fsp3) is 0.345. The Balaban J connectivity index is 1.23. The zero-order valence-corrected chi connectivity index (χ0v) is 23.0. The Morgan fingerprint density at radius 1 is 1.12 bits per heavy atom. The molecule has 1 N–H and O–H groups in total. The number of carboxylic acid groups (broad SMARTS) is 1. The van der Waals surface area contributed by atoms with Gasteiger partial charge in [-0.05, 0) is 56.3 Å². The Bertz CT molecular complexity index is 1560. The number of alkyl halides is 2. The summed E-state index contributed by atoms with van der Waals surface area (Å²) in [4.78, 5) is 23.1. The number of rotatable bonds is 10. The molecule has 5 rings (SSSR count). The van der Waals surface area contributed by atoms with Crippen LogP contribution in [0.25, 0.3) is 11.0 Å². The van der Waals surface area contributed by atoms with E-state index in [9.17, 15) is 23.1 Å². The van der Waals surface area contributed by atoms with Crippen LogP contribution >= 0.6 is 11.6 Å². The second kappa shape index (κ2) is 12.4. The lowest BCUT2D eigenvalue weighted by Gasteiger charge is -2.31. The number of piperidine rings is 1. The van der Waals surface area contributed by atoms with Gasteiger partial charge in [0, 0.05) is 35.3 Å². The molecule has 41 heavy (non-hydrogen) atoms. The lowest BCUT2D eigenvalue weighted by molar-refractivity contribution is 0.0695. The van der Waals surface area contributed by atoms with Crippen molar-refractivity contribution in [3.05, 3.63) is 82.0 Å². The van der Waals surface area contributed by atoms with E-state index in [0.717, 1.165) is 31.6 Å². The number of carboxylic acids is 1. The van der Waals surface area contributed by atoms with Crippen molar-refractivity contribution in [1.82, 2.24) is 19.4 Å². The number of aryl methyl sites for hydroxylation is 1. The number of hydrogen-bond acceptors (Lipinski definition) is 6. The van der Waals surface area contributed by atoms with E-state index in [0.29, 0.717) is 39.9 Å². The molecule has 2 aromatic carbocycles. The van der Waals surface area contributed by atoms with Gasteiger partial charge in [0.05, 0.1) is 17.6 Å². The smallest absolute Gasteiger partial charge is 0.335 e. The summed E-state index contributed by atoms with van der Waals surface area (Å²) in [5, 5.41) is 9.79. The largest absolute Gasteiger partial charge is 0.485 e. The lowest BCUT2D eigenvalue weighted by atomic mass is 9.93. The third kappa shape index (κ3) is 6.74. The van der Waals surface area contributed by atoms with E-state index in [1.807, 2.05) is 12.1 Å². The molecular formula is C29H28ClF3N4O4. The number of benzene rings is 2. The summed E-state index contributed by atoms with van der Waals surface area (Å²) in [6, 6.07) is 12.7. The number of nitrogens with zero attached hydrogens (tertiary/aromatic N) is 4. The van der Waals surface area contributed by atoms with Gasteiger partial charge in [-0.3, -0.25) is 4.90 Å². The van der Waals surface area contributed by atoms with Crippen molar-refractivity contribution < 1.29 is 32.5 Å². The zero-order valence-electron chi connectivity index (χ0n) is 22.2. The van der Waals surface area contributed by atoms with Crippen LogP contribution < -0.4 is 9.47 Å². The monoisotopic (exact) mass is 588 g/mol. The molecule has 1 saturated heterocycles. The van der Waals surface area contributed by atoms with E-state index >= 15 is 0 Å². The zero-order chi connectivity index (χ0) is 29.1. The van der Waals surface area contributed by atoms with Crippen LogP contribution in [0.5, 0.6) is 11.6 Å². The van der Waals surface area contributed by atoms with Gasteiger partial charge in [0.15, 0.2) is 0 Å². The van der Waals surface area contributed by atoms with E-state index in [1.165, 1.54) is 18.2 Å². The van der Waals surface area contributed by atoms with Gasteiger partial charge in [0.1, 0.15) is 36.1 Å². The first-order valence-electron chi connectivity index (χ1n) is 13.1. The van der Waals surface area contributed by atoms with Crippen LogP contribution in [-0.4, -0.2) is 56.6 Å². The van der Waals surface area contributed by atoms with Gasteiger partial charge in [0.25, 0.3) is 6.43 Å². The van der Waals surface area contributed by atoms with Crippen LogP contribution in [0.2, 0.25) is 5.02 Å². The predicted molar refractivity (Wildman–Crippen MR) is 146 cm³/mol. The van der Waals surface area contributed by atoms with Gasteiger partial charge in [0.2, 0.25) is 5.88 Å². The van der Waals surface area contributed by atoms with Crippen molar-refractivity contribution in [2.45, 2.75) is 38.3 Å². The number of halogens is 4. The van der Waals surface area contributed by atoms with Gasteiger partial charge < -0.3 is 19.1 Å². The topological polar surface area (TPSA) is 89.7 Å². The van der Waals surface area contributed by atoms with Crippen molar-refractivity contribution in [2.24, 2.45) is 7.05 Å². The molecule has 2 aromatic heterocycles. The first-order chi connectivity index (χ1) is 19.7. The normalized spacial score (nSPS) is 14.6. The number of ether oxygens (including phenoxy) is 2. The van der Waals surface area contributed by atoms with Crippen LogP contribution in [-0.2, 0) is 20.2 Å². The molecule has 4 aromatic rings. The van der Waals surface area contributed by atoms with E-state index in [1.54, 1.807) is 29.8 Å². The van der Waals surface area contributed by atoms with Gasteiger partial charge >= 0.3 is 5.97 Å². The van der Waals surface area contributed by atoms with Crippen molar-refractivity contribution >= 4 is 28.6 Å². The van der Waals surface area contributed by atoms with E-state index in [4.69, 9.17) is 21.1 Å². The van der Waals surface area contributed by atoms with Gasteiger partial charge in [-0.2, -0.15) is 0 Å². The molecule has 0 spiro atoms. The van der Waals surface area contributed by atoms with Crippen molar-refractivity contribution in [3.63, 3.8) is 0 Å². The summed E-state index contributed by atoms with van der Waals surface area (Å²) in [6.45, 7) is 1.23. The molecular weight excluding hydrogens is 561 g/mol. The standard InChI is InChI=1S/C29H28ClF3N4O4/c1-36-23-11-19(29(38)39)12-24(40-16-25(32)33)28(23)35-26(36)14-37-9-7-17(8-10-37)22-3-2-4-27(34-22)41-15-18-5-6-20(30)13-21(18)31/h2-6,11-13,17,25H,7-10,14-16H2,1H3,(H,38,39). The van der Waals surface area contributed by atoms with Gasteiger partial charge in [-0.15, -0.1) is 0 Å². The quantitative estimate of drug-likeness (QED) is 0.241. The van der Waals surface area contributed by atoms with Crippen LogP contribution in [0.3, 0.4) is 0 Å². The first-order valence-corrected chi connectivity index (χ1v) is 13.5. The Morgan fingerprint density at radius 3 is 2.61 bits per heavy atom. The van der Waals surface area contributed by atoms with E-state index < -0.39 is 24.8 Å². The maximum atomic E-state index is 14.1. The Hall–Kier alpha value is -3.83. The molecule has 0 aliphatic carbocycles. The summed E-state index contributed by atoms with van der Waals surface area (Å²) in [5.74, 6) is -0.280. The van der Waals surface area contributed by atoms with Gasteiger partial charge in [-0.1, -0.05) is 23.7 Å². The molecule has 1 aliphatic heterocycles. The maximum Gasteiger partial charge on any atom is 0.335 e. The average Bonchev–Trinajstić information content (AvgIpc) is 3.26. The summed E-state index contributed by atoms with van der Waals surface area (Å²) < 4.78 is 52.4. The SMILES string of the molecule is Cn1c(CN2CCC(c3cccc(OCc4ccc(Cl)cc4F)n3)CC2)nc2c(OCC(F)F)cc(C(=O)O)cc21. The number of imidazole rings is 1. The van der Waals surface area contributed by atoms with Crippen LogP contribution in [0.1, 0.15) is 46.2 Å². The number of carbonyl (C=O) groups is 1. The molecule has 1 fully saturated rings. The summed E-state index contributed by atoms with van der Waals surface area (Å²) in [5.41, 5.74) is 2.09. The molecule has 1 aliphatic rings. The van der Waals surface area contributed by atoms with Crippen LogP contribution in [0.4, 0.5) is 13.2 Å². The lowest BCUT2D eigenvalue weighted by Crippen LogP contribution is -2.33. The number of fused-ring (bicyclic) bond motifs is 1. The highest BCUT2D eigenvalue weighted by atomic mass is 35.5. The molecule has 0 amide bonds. The third-order valence-electron chi connectivity index (χ3n) is 7.16. The molecule has 8 nitrogen and oxygen atoms in total. The van der Waals surface area contributed by atoms with Gasteiger partial charge in [-0.25, -0.2) is 27.9 Å². The highest BCUT2D eigenvalue weighted by Crippen LogP contribution is 2.31. The molecule has 216 valence electrons. The molecule has 0 radical (unpaired) electrons. The molecule has 0 bridgehead atoms. The fourth-order valence-corrected chi connectivity index (χ4v) is 5.11. The fourth-order valence-electron chi connectivity index (χ4n) is 4.95.